The number of nitrogens with one attached hydrogen (secondary N) is 1. The Kier molecular flexibility index (Phi) is 5.01. The number of hydrogen-bond donors (Lipinski definition) is 2. The van der Waals surface area contributed by atoms with Gasteiger partial charge in [-0.15, -0.1) is 0 Å². The number of halogens is 2. The number of hydrogen-bond acceptors (Lipinski definition) is 2. The summed E-state index contributed by atoms with van der Waals surface area (Å²) >= 11 is 3.21. The summed E-state index contributed by atoms with van der Waals surface area (Å²) < 4.78 is 13.7. The molecule has 0 heterocycles. The van der Waals surface area contributed by atoms with Gasteiger partial charge in [0.2, 0.25) is 0 Å². The molecule has 2 nitrogen and oxygen atoms in total. The Morgan fingerprint density at radius 1 is 1.33 bits per heavy atom. The van der Waals surface area contributed by atoms with Crippen LogP contribution in [-0.2, 0) is 0 Å². The molecule has 1 fully saturated rings. The molecule has 4 heteroatoms. The quantitative estimate of drug-likeness (QED) is 0.884. The summed E-state index contributed by atoms with van der Waals surface area (Å²) in [6.45, 7) is 0.625. The lowest BCUT2D eigenvalue weighted by molar-refractivity contribution is 0.320. The molecule has 0 radical (unpaired) electrons. The SMILES string of the molecule is NCC(Nc1ccc(F)c(Br)c1)C1CCCCC1. The first-order valence-electron chi connectivity index (χ1n) is 6.62. The van der Waals surface area contributed by atoms with Crippen molar-refractivity contribution >= 4 is 21.6 Å². The second-order valence-electron chi connectivity index (χ2n) is 5.01. The molecule has 3 N–H and O–H groups in total. The molecule has 1 aromatic rings. The summed E-state index contributed by atoms with van der Waals surface area (Å²) in [5.41, 5.74) is 6.81. The van der Waals surface area contributed by atoms with Crippen LogP contribution in [0.5, 0.6) is 0 Å². The smallest absolute Gasteiger partial charge is 0.137 e. The Labute approximate surface area is 116 Å². The summed E-state index contributed by atoms with van der Waals surface area (Å²) in [7, 11) is 0. The van der Waals surface area contributed by atoms with E-state index >= 15 is 0 Å². The molecular weight excluding hydrogens is 295 g/mol. The van der Waals surface area contributed by atoms with Gasteiger partial charge in [0.05, 0.1) is 4.47 Å². The third-order valence-electron chi connectivity index (χ3n) is 3.74. The van der Waals surface area contributed by atoms with Crippen molar-refractivity contribution in [3.8, 4) is 0 Å². The molecule has 18 heavy (non-hydrogen) atoms. The number of rotatable bonds is 4. The maximum atomic E-state index is 13.2. The van der Waals surface area contributed by atoms with Crippen molar-refractivity contribution in [2.75, 3.05) is 11.9 Å². The first-order valence-corrected chi connectivity index (χ1v) is 7.41. The van der Waals surface area contributed by atoms with Gasteiger partial charge in [-0.1, -0.05) is 19.3 Å². The van der Waals surface area contributed by atoms with E-state index in [4.69, 9.17) is 5.73 Å². The van der Waals surface area contributed by atoms with E-state index in [2.05, 4.69) is 21.2 Å². The molecule has 1 aliphatic rings. The molecule has 1 aliphatic carbocycles. The van der Waals surface area contributed by atoms with E-state index < -0.39 is 0 Å². The molecule has 2 rings (SSSR count). The van der Waals surface area contributed by atoms with Crippen LogP contribution < -0.4 is 11.1 Å². The molecule has 0 aromatic heterocycles. The molecule has 1 saturated carbocycles. The molecule has 0 saturated heterocycles. The van der Waals surface area contributed by atoms with Gasteiger partial charge >= 0.3 is 0 Å². The standard InChI is InChI=1S/C14H20BrFN2/c15-12-8-11(6-7-13(12)16)18-14(9-17)10-4-2-1-3-5-10/h6-8,10,14,18H,1-5,9,17H2. The Morgan fingerprint density at radius 3 is 2.67 bits per heavy atom. The molecule has 1 atom stereocenters. The monoisotopic (exact) mass is 314 g/mol. The van der Waals surface area contributed by atoms with Crippen LogP contribution >= 0.6 is 15.9 Å². The Balaban J connectivity index is 2.02. The minimum Gasteiger partial charge on any atom is -0.381 e. The predicted octanol–water partition coefficient (Wildman–Crippen LogP) is 3.91. The first kappa shape index (κ1) is 13.8. The van der Waals surface area contributed by atoms with Crippen LogP contribution in [0.4, 0.5) is 10.1 Å². The van der Waals surface area contributed by atoms with Gasteiger partial charge in [0.15, 0.2) is 0 Å². The van der Waals surface area contributed by atoms with Crippen LogP contribution in [0.3, 0.4) is 0 Å². The highest BCUT2D eigenvalue weighted by atomic mass is 79.9. The molecule has 0 bridgehead atoms. The van der Waals surface area contributed by atoms with E-state index in [1.54, 1.807) is 12.1 Å². The topological polar surface area (TPSA) is 38.0 Å². The number of benzene rings is 1. The third kappa shape index (κ3) is 3.45. The summed E-state index contributed by atoms with van der Waals surface area (Å²) in [6.07, 6.45) is 6.44. The second kappa shape index (κ2) is 6.53. The van der Waals surface area contributed by atoms with E-state index in [1.165, 1.54) is 38.2 Å². The lowest BCUT2D eigenvalue weighted by Gasteiger charge is -2.30. The fourth-order valence-electron chi connectivity index (χ4n) is 2.71. The van der Waals surface area contributed by atoms with Crippen molar-refractivity contribution in [2.24, 2.45) is 11.7 Å². The van der Waals surface area contributed by atoms with Crippen molar-refractivity contribution in [1.82, 2.24) is 0 Å². The van der Waals surface area contributed by atoms with E-state index in [-0.39, 0.29) is 5.82 Å². The zero-order chi connectivity index (χ0) is 13.0. The number of nitrogens with two attached hydrogens (primary N) is 1. The van der Waals surface area contributed by atoms with Gasteiger partial charge in [-0.25, -0.2) is 4.39 Å². The lowest BCUT2D eigenvalue weighted by Crippen LogP contribution is -2.37. The third-order valence-corrected chi connectivity index (χ3v) is 4.35. The van der Waals surface area contributed by atoms with Gasteiger partial charge in [0.25, 0.3) is 0 Å². The fourth-order valence-corrected chi connectivity index (χ4v) is 3.08. The zero-order valence-corrected chi connectivity index (χ0v) is 12.0. The van der Waals surface area contributed by atoms with E-state index in [0.29, 0.717) is 23.0 Å². The minimum atomic E-state index is -0.234. The van der Waals surface area contributed by atoms with Gasteiger partial charge in [0.1, 0.15) is 5.82 Å². The molecule has 1 unspecified atom stereocenters. The summed E-state index contributed by atoms with van der Waals surface area (Å²) in [5, 5.41) is 3.44. The van der Waals surface area contributed by atoms with Crippen molar-refractivity contribution in [1.29, 1.82) is 0 Å². The van der Waals surface area contributed by atoms with Crippen LogP contribution in [0.2, 0.25) is 0 Å². The van der Waals surface area contributed by atoms with E-state index in [0.717, 1.165) is 5.69 Å². The molecule has 0 aliphatic heterocycles. The Bertz CT molecular complexity index is 391. The summed E-state index contributed by atoms with van der Waals surface area (Å²) in [5.74, 6) is 0.412. The molecule has 1 aromatic carbocycles. The Morgan fingerprint density at radius 2 is 2.06 bits per heavy atom. The number of anilines is 1. The van der Waals surface area contributed by atoms with Gasteiger partial charge < -0.3 is 11.1 Å². The Hall–Kier alpha value is -0.610. The van der Waals surface area contributed by atoms with Crippen molar-refractivity contribution in [3.63, 3.8) is 0 Å². The van der Waals surface area contributed by atoms with Gasteiger partial charge in [-0.2, -0.15) is 0 Å². The average molecular weight is 315 g/mol. The highest BCUT2D eigenvalue weighted by Crippen LogP contribution is 2.28. The fraction of sp³-hybridized carbons (Fsp3) is 0.571. The highest BCUT2D eigenvalue weighted by Gasteiger charge is 2.22. The average Bonchev–Trinajstić information content (AvgIpc) is 2.41. The maximum absolute atomic E-state index is 13.2. The van der Waals surface area contributed by atoms with Crippen LogP contribution in [0.1, 0.15) is 32.1 Å². The molecular formula is C14H20BrFN2. The van der Waals surface area contributed by atoms with Crippen LogP contribution in [0, 0.1) is 11.7 Å². The molecule has 0 spiro atoms. The van der Waals surface area contributed by atoms with Gasteiger partial charge in [0, 0.05) is 18.3 Å². The first-order chi connectivity index (χ1) is 8.70. The van der Waals surface area contributed by atoms with Crippen molar-refractivity contribution in [2.45, 2.75) is 38.1 Å². The second-order valence-corrected chi connectivity index (χ2v) is 5.87. The van der Waals surface area contributed by atoms with Crippen LogP contribution in [-0.4, -0.2) is 12.6 Å². The van der Waals surface area contributed by atoms with Gasteiger partial charge in [-0.05, 0) is 52.9 Å². The minimum absolute atomic E-state index is 0.234. The maximum Gasteiger partial charge on any atom is 0.137 e. The molecule has 0 amide bonds. The van der Waals surface area contributed by atoms with Gasteiger partial charge in [-0.3, -0.25) is 0 Å². The van der Waals surface area contributed by atoms with E-state index in [1.807, 2.05) is 0 Å². The summed E-state index contributed by atoms with van der Waals surface area (Å²) in [6, 6.07) is 5.32. The normalized spacial score (nSPS) is 18.6. The van der Waals surface area contributed by atoms with Crippen LogP contribution in [0.15, 0.2) is 22.7 Å². The zero-order valence-electron chi connectivity index (χ0n) is 10.5. The van der Waals surface area contributed by atoms with Crippen LogP contribution in [0.25, 0.3) is 0 Å². The summed E-state index contributed by atoms with van der Waals surface area (Å²) in [4.78, 5) is 0. The largest absolute Gasteiger partial charge is 0.381 e. The van der Waals surface area contributed by atoms with Crippen molar-refractivity contribution in [3.05, 3.63) is 28.5 Å². The molecule has 100 valence electrons. The van der Waals surface area contributed by atoms with Crippen molar-refractivity contribution < 1.29 is 4.39 Å². The lowest BCUT2D eigenvalue weighted by atomic mass is 9.84. The van der Waals surface area contributed by atoms with E-state index in [9.17, 15) is 4.39 Å². The predicted molar refractivity (Wildman–Crippen MR) is 77.1 cm³/mol. The highest BCUT2D eigenvalue weighted by molar-refractivity contribution is 9.10.